The van der Waals surface area contributed by atoms with Gasteiger partial charge in [0.1, 0.15) is 24.7 Å². The zero-order valence-electron chi connectivity index (χ0n) is 34.4. The fraction of sp³-hybridized carbons (Fsp3) is 0.115. The summed E-state index contributed by atoms with van der Waals surface area (Å²) in [5, 5.41) is 10.6. The van der Waals surface area contributed by atoms with Crippen molar-refractivity contribution in [1.29, 1.82) is 0 Å². The highest BCUT2D eigenvalue weighted by atomic mass is 35.5. The first kappa shape index (κ1) is 43.1. The molecule has 2 aromatic heterocycles. The van der Waals surface area contributed by atoms with E-state index in [-0.39, 0.29) is 11.5 Å². The number of carboxylic acids is 1. The number of rotatable bonds is 13. The van der Waals surface area contributed by atoms with Crippen LogP contribution < -0.4 is 9.47 Å². The highest BCUT2D eigenvalue weighted by molar-refractivity contribution is 6.31. The Morgan fingerprint density at radius 3 is 1.44 bits per heavy atom. The van der Waals surface area contributed by atoms with Gasteiger partial charge in [-0.1, -0.05) is 96.0 Å². The normalized spacial score (nSPS) is 10.7. The summed E-state index contributed by atoms with van der Waals surface area (Å²) in [6.07, 6.45) is 0. The van der Waals surface area contributed by atoms with Crippen LogP contribution in [0.4, 0.5) is 0 Å². The third-order valence-corrected chi connectivity index (χ3v) is 10.5. The largest absolute Gasteiger partial charge is 0.488 e. The molecule has 0 bridgehead atoms. The van der Waals surface area contributed by atoms with Gasteiger partial charge in [0.15, 0.2) is 0 Å². The molecule has 0 fully saturated rings. The highest BCUT2D eigenvalue weighted by Crippen LogP contribution is 2.38. The first-order valence-corrected chi connectivity index (χ1v) is 20.8. The number of benzene rings is 6. The second-order valence-corrected chi connectivity index (χ2v) is 15.2. The Morgan fingerprint density at radius 2 is 0.984 bits per heavy atom. The Morgan fingerprint density at radius 1 is 0.532 bits per heavy atom. The van der Waals surface area contributed by atoms with Gasteiger partial charge in [-0.3, -0.25) is 0 Å². The van der Waals surface area contributed by atoms with E-state index in [1.54, 1.807) is 37.3 Å². The lowest BCUT2D eigenvalue weighted by Gasteiger charge is -2.17. The van der Waals surface area contributed by atoms with E-state index in [1.165, 1.54) is 0 Å². The molecule has 0 saturated carbocycles. The van der Waals surface area contributed by atoms with Crippen molar-refractivity contribution in [3.8, 4) is 45.4 Å². The maximum atomic E-state index is 12.3. The molecule has 0 amide bonds. The Kier molecular flexibility index (Phi) is 13.9. The molecule has 0 unspecified atom stereocenters. The zero-order valence-corrected chi connectivity index (χ0v) is 35.9. The number of ether oxygens (including phenoxy) is 3. The standard InChI is InChI=1S/C27H24ClNO3.C25H20ClNO3/c1-3-31-27(30)21-10-7-11-23(16-21)29-19(2)12-14-25(29)24-17-22(28)13-15-26(24)32-18-20-8-5-4-6-9-20;1-17-10-12-23(27(17)21-9-5-8-19(14-21)25(28)29)22-15-20(26)11-13-24(22)30-16-18-6-3-2-4-7-18/h4-17H,3,18H2,1-2H3;2-15H,16H2,1H3,(H,28,29). The number of aryl methyl sites for hydroxylation is 2. The quantitative estimate of drug-likeness (QED) is 0.116. The molecule has 0 aliphatic carbocycles. The number of aromatic nitrogens is 2. The molecule has 0 radical (unpaired) electrons. The van der Waals surface area contributed by atoms with Gasteiger partial charge in [-0.2, -0.15) is 0 Å². The van der Waals surface area contributed by atoms with Crippen molar-refractivity contribution in [2.24, 2.45) is 0 Å². The fourth-order valence-corrected chi connectivity index (χ4v) is 7.42. The minimum absolute atomic E-state index is 0.234. The van der Waals surface area contributed by atoms with E-state index in [0.717, 1.165) is 62.2 Å². The van der Waals surface area contributed by atoms with E-state index in [9.17, 15) is 14.7 Å². The van der Waals surface area contributed by atoms with Gasteiger partial charge < -0.3 is 28.5 Å². The Bertz CT molecular complexity index is 2810. The average Bonchev–Trinajstić information content (AvgIpc) is 3.88. The monoisotopic (exact) mass is 862 g/mol. The van der Waals surface area contributed by atoms with Gasteiger partial charge in [0, 0.05) is 43.9 Å². The molecular formula is C52H44Cl2N2O6. The minimum atomic E-state index is -0.960. The van der Waals surface area contributed by atoms with E-state index >= 15 is 0 Å². The van der Waals surface area contributed by atoms with Crippen LogP contribution >= 0.6 is 23.2 Å². The van der Waals surface area contributed by atoms with Crippen molar-refractivity contribution in [3.63, 3.8) is 0 Å². The number of carbonyl (C=O) groups is 2. The van der Waals surface area contributed by atoms with E-state index < -0.39 is 5.97 Å². The number of nitrogens with zero attached hydrogens (tertiary/aromatic N) is 2. The van der Waals surface area contributed by atoms with Crippen LogP contribution in [0.3, 0.4) is 0 Å². The molecule has 0 spiro atoms. The lowest BCUT2D eigenvalue weighted by molar-refractivity contribution is 0.0525. The predicted molar refractivity (Wildman–Crippen MR) is 246 cm³/mol. The number of esters is 1. The molecule has 1 N–H and O–H groups in total. The molecule has 8 rings (SSSR count). The summed E-state index contributed by atoms with van der Waals surface area (Å²) in [6.45, 7) is 7.02. The summed E-state index contributed by atoms with van der Waals surface area (Å²) in [5.74, 6) is 0.143. The first-order valence-electron chi connectivity index (χ1n) is 20.0. The van der Waals surface area contributed by atoms with Crippen molar-refractivity contribution in [1.82, 2.24) is 9.13 Å². The van der Waals surface area contributed by atoms with Crippen molar-refractivity contribution >= 4 is 35.1 Å². The summed E-state index contributed by atoms with van der Waals surface area (Å²) in [4.78, 5) is 23.7. The number of hydrogen-bond donors (Lipinski definition) is 1. The van der Waals surface area contributed by atoms with Gasteiger partial charge in [-0.05, 0) is 129 Å². The molecule has 0 atom stereocenters. The van der Waals surface area contributed by atoms with Gasteiger partial charge in [-0.15, -0.1) is 0 Å². The van der Waals surface area contributed by atoms with Gasteiger partial charge in [0.2, 0.25) is 0 Å². The number of aromatic carboxylic acids is 1. The number of carboxylic acid groups (broad SMARTS) is 1. The highest BCUT2D eigenvalue weighted by Gasteiger charge is 2.18. The van der Waals surface area contributed by atoms with Crippen LogP contribution in [0, 0.1) is 13.8 Å². The van der Waals surface area contributed by atoms with E-state index in [2.05, 4.69) is 4.57 Å². The molecule has 8 nitrogen and oxygen atoms in total. The van der Waals surface area contributed by atoms with Crippen LogP contribution in [0.15, 0.2) is 170 Å². The lowest BCUT2D eigenvalue weighted by atomic mass is 10.1. The van der Waals surface area contributed by atoms with Gasteiger partial charge in [0.25, 0.3) is 0 Å². The molecule has 10 heteroatoms. The Labute approximate surface area is 371 Å². The van der Waals surface area contributed by atoms with E-state index in [4.69, 9.17) is 37.4 Å². The third-order valence-electron chi connectivity index (χ3n) is 10.0. The smallest absolute Gasteiger partial charge is 0.338 e. The molecule has 312 valence electrons. The fourth-order valence-electron chi connectivity index (χ4n) is 7.07. The molecule has 6 aromatic carbocycles. The van der Waals surface area contributed by atoms with Crippen molar-refractivity contribution in [2.75, 3.05) is 6.61 Å². The van der Waals surface area contributed by atoms with Crippen molar-refractivity contribution in [3.05, 3.63) is 214 Å². The number of hydrogen-bond acceptors (Lipinski definition) is 5. The Balaban J connectivity index is 0.000000187. The molecule has 0 aliphatic rings. The van der Waals surface area contributed by atoms with E-state index in [1.807, 2.05) is 158 Å². The van der Waals surface area contributed by atoms with Crippen LogP contribution in [-0.2, 0) is 18.0 Å². The second kappa shape index (κ2) is 20.0. The van der Waals surface area contributed by atoms with Crippen LogP contribution in [0.1, 0.15) is 50.2 Å². The molecule has 0 saturated heterocycles. The SMILES string of the molecule is CCOC(=O)c1cccc(-n2c(C)ccc2-c2cc(Cl)ccc2OCc2ccccc2)c1.Cc1ccc(-c2cc(Cl)ccc2OCc2ccccc2)n1-c1cccc(C(=O)O)c1. The van der Waals surface area contributed by atoms with Crippen molar-refractivity contribution < 1.29 is 28.9 Å². The van der Waals surface area contributed by atoms with E-state index in [0.29, 0.717) is 41.2 Å². The summed E-state index contributed by atoms with van der Waals surface area (Å²) >= 11 is 12.7. The van der Waals surface area contributed by atoms with Crippen molar-refractivity contribution in [2.45, 2.75) is 34.0 Å². The number of carbonyl (C=O) groups excluding carboxylic acids is 1. The summed E-state index contributed by atoms with van der Waals surface area (Å²) in [7, 11) is 0. The van der Waals surface area contributed by atoms with Crippen LogP contribution in [-0.4, -0.2) is 32.8 Å². The van der Waals surface area contributed by atoms with Gasteiger partial charge in [0.05, 0.1) is 29.1 Å². The molecule has 62 heavy (non-hydrogen) atoms. The maximum Gasteiger partial charge on any atom is 0.338 e. The molecule has 0 aliphatic heterocycles. The summed E-state index contributed by atoms with van der Waals surface area (Å²) < 4.78 is 21.6. The van der Waals surface area contributed by atoms with Crippen LogP contribution in [0.25, 0.3) is 33.9 Å². The summed E-state index contributed by atoms with van der Waals surface area (Å²) in [5.41, 5.74) is 10.0. The molecular weight excluding hydrogens is 819 g/mol. The minimum Gasteiger partial charge on any atom is -0.488 e. The third kappa shape index (κ3) is 10.3. The average molecular weight is 864 g/mol. The second-order valence-electron chi connectivity index (χ2n) is 14.3. The van der Waals surface area contributed by atoms with Crippen LogP contribution in [0.5, 0.6) is 11.5 Å². The number of halogens is 2. The zero-order chi connectivity index (χ0) is 43.6. The lowest BCUT2D eigenvalue weighted by Crippen LogP contribution is -2.07. The predicted octanol–water partition coefficient (Wildman–Crippen LogP) is 13.2. The summed E-state index contributed by atoms with van der Waals surface area (Å²) in [6, 6.07) is 53.5. The topological polar surface area (TPSA) is 91.9 Å². The molecule has 8 aromatic rings. The molecule has 2 heterocycles. The maximum absolute atomic E-state index is 12.3. The first-order chi connectivity index (χ1) is 30.1. The van der Waals surface area contributed by atoms with Gasteiger partial charge in [-0.25, -0.2) is 9.59 Å². The Hall–Kier alpha value is -7.00. The van der Waals surface area contributed by atoms with Crippen LogP contribution in [0.2, 0.25) is 10.0 Å². The van der Waals surface area contributed by atoms with Gasteiger partial charge >= 0.3 is 11.9 Å².